The molecule has 0 radical (unpaired) electrons. The highest BCUT2D eigenvalue weighted by Gasteiger charge is 2.46. The molecule has 306 valence electrons. The molecule has 3 nitrogen and oxygen atoms in total. The van der Waals surface area contributed by atoms with Crippen molar-refractivity contribution in [2.45, 2.75) is 5.41 Å². The van der Waals surface area contributed by atoms with Gasteiger partial charge in [-0.05, 0) is 129 Å². The van der Waals surface area contributed by atoms with Crippen LogP contribution in [0.15, 0.2) is 241 Å². The Labute approximate surface area is 375 Å². The molecule has 10 aromatic carbocycles. The number of anilines is 3. The van der Waals surface area contributed by atoms with E-state index in [0.29, 0.717) is 0 Å². The second-order valence-corrected chi connectivity index (χ2v) is 16.9. The molecule has 0 N–H and O–H groups in total. The van der Waals surface area contributed by atoms with E-state index in [-0.39, 0.29) is 5.82 Å². The average molecular weight is 835 g/mol. The van der Waals surface area contributed by atoms with Crippen molar-refractivity contribution in [2.75, 3.05) is 4.90 Å². The maximum atomic E-state index is 14.0. The summed E-state index contributed by atoms with van der Waals surface area (Å²) in [7, 11) is 0. The largest absolute Gasteiger partial charge is 0.456 e. The maximum Gasteiger partial charge on any atom is 0.137 e. The highest BCUT2D eigenvalue weighted by atomic mass is 19.1. The number of rotatable bonds is 7. The molecule has 2 heterocycles. The minimum atomic E-state index is -0.549. The van der Waals surface area contributed by atoms with Gasteiger partial charge in [0.15, 0.2) is 0 Å². The number of furan rings is 1. The lowest BCUT2D eigenvalue weighted by atomic mass is 9.67. The molecule has 0 spiro atoms. The van der Waals surface area contributed by atoms with Crippen molar-refractivity contribution in [1.82, 2.24) is 4.57 Å². The van der Waals surface area contributed by atoms with Crippen molar-refractivity contribution in [3.05, 3.63) is 265 Å². The number of nitrogens with zero attached hydrogens (tertiary/aromatic N) is 2. The Morgan fingerprint density at radius 2 is 1.03 bits per heavy atom. The molecule has 2 aromatic heterocycles. The van der Waals surface area contributed by atoms with E-state index in [4.69, 9.17) is 4.42 Å². The third-order valence-electron chi connectivity index (χ3n) is 13.5. The normalized spacial score (nSPS) is 12.8. The quantitative estimate of drug-likeness (QED) is 0.159. The van der Waals surface area contributed by atoms with E-state index < -0.39 is 5.41 Å². The summed E-state index contributed by atoms with van der Waals surface area (Å²) >= 11 is 0. The van der Waals surface area contributed by atoms with Gasteiger partial charge in [0.1, 0.15) is 17.0 Å². The number of fused-ring (bicyclic) bond motifs is 9. The first-order chi connectivity index (χ1) is 32.1. The van der Waals surface area contributed by atoms with Gasteiger partial charge in [0.2, 0.25) is 0 Å². The molecular weight excluding hydrogens is 796 g/mol. The lowest BCUT2D eigenvalue weighted by Gasteiger charge is -2.35. The summed E-state index contributed by atoms with van der Waals surface area (Å²) in [4.78, 5) is 2.40. The van der Waals surface area contributed by atoms with Crippen LogP contribution in [0.2, 0.25) is 0 Å². The van der Waals surface area contributed by atoms with E-state index in [1.807, 2.05) is 24.3 Å². The maximum absolute atomic E-state index is 14.0. The van der Waals surface area contributed by atoms with Gasteiger partial charge in [-0.15, -0.1) is 0 Å². The number of para-hydroxylation sites is 2. The molecule has 1 aliphatic rings. The van der Waals surface area contributed by atoms with Gasteiger partial charge < -0.3 is 13.9 Å². The fourth-order valence-corrected chi connectivity index (χ4v) is 10.8. The van der Waals surface area contributed by atoms with Crippen LogP contribution in [-0.4, -0.2) is 4.57 Å². The minimum absolute atomic E-state index is 0.247. The molecule has 0 unspecified atom stereocenters. The molecule has 65 heavy (non-hydrogen) atoms. The van der Waals surface area contributed by atoms with Gasteiger partial charge in [-0.25, -0.2) is 4.39 Å². The van der Waals surface area contributed by atoms with Gasteiger partial charge in [0.25, 0.3) is 0 Å². The van der Waals surface area contributed by atoms with Crippen molar-refractivity contribution < 1.29 is 8.81 Å². The van der Waals surface area contributed by atoms with E-state index in [1.165, 1.54) is 45.5 Å². The highest BCUT2D eigenvalue weighted by Crippen LogP contribution is 2.57. The van der Waals surface area contributed by atoms with Crippen LogP contribution in [0, 0.1) is 5.82 Å². The second kappa shape index (κ2) is 14.5. The van der Waals surface area contributed by atoms with Gasteiger partial charge in [0.05, 0.1) is 27.5 Å². The van der Waals surface area contributed by atoms with Crippen molar-refractivity contribution in [2.24, 2.45) is 0 Å². The van der Waals surface area contributed by atoms with E-state index in [1.54, 1.807) is 0 Å². The molecule has 1 aliphatic carbocycles. The molecule has 12 aromatic rings. The number of hydrogen-bond acceptors (Lipinski definition) is 2. The van der Waals surface area contributed by atoms with Crippen LogP contribution in [-0.2, 0) is 5.41 Å². The van der Waals surface area contributed by atoms with Gasteiger partial charge in [0, 0.05) is 33.2 Å². The molecule has 0 atom stereocenters. The standard InChI is InChI=1S/C61H39FN2O/c62-44-29-33-46(34-30-44)64-55-22-11-8-19-50(55)52-38-41(28-37-56(52)64)40-26-31-45(32-27-40)63(57-23-13-25-59-60(57)51-20-9-12-24-58(51)65-59)47-35-36-49-48-18-7-10-21-53(48)61(54(49)39-47,42-14-3-1-4-15-42)43-16-5-2-6-17-43/h1-39H. The summed E-state index contributed by atoms with van der Waals surface area (Å²) in [6.07, 6.45) is 0. The molecular formula is C61H39FN2O. The lowest BCUT2D eigenvalue weighted by molar-refractivity contribution is 0.627. The Hall–Kier alpha value is -8.47. The topological polar surface area (TPSA) is 21.3 Å². The summed E-state index contributed by atoms with van der Waals surface area (Å²) in [6, 6.07) is 83.4. The zero-order chi connectivity index (χ0) is 43.1. The smallest absolute Gasteiger partial charge is 0.137 e. The third-order valence-corrected chi connectivity index (χ3v) is 13.5. The van der Waals surface area contributed by atoms with Gasteiger partial charge in [-0.3, -0.25) is 0 Å². The van der Waals surface area contributed by atoms with Crippen molar-refractivity contribution in [3.63, 3.8) is 0 Å². The van der Waals surface area contributed by atoms with E-state index in [0.717, 1.165) is 77.6 Å². The summed E-state index contributed by atoms with van der Waals surface area (Å²) in [5.41, 5.74) is 17.0. The number of benzene rings is 10. The van der Waals surface area contributed by atoms with Crippen LogP contribution in [0.4, 0.5) is 21.5 Å². The summed E-state index contributed by atoms with van der Waals surface area (Å²) in [5, 5.41) is 4.43. The fourth-order valence-electron chi connectivity index (χ4n) is 10.8. The molecule has 0 bridgehead atoms. The van der Waals surface area contributed by atoms with Crippen molar-refractivity contribution in [3.8, 4) is 27.9 Å². The summed E-state index contributed by atoms with van der Waals surface area (Å²) in [6.45, 7) is 0. The predicted molar refractivity (Wildman–Crippen MR) is 265 cm³/mol. The fraction of sp³-hybridized carbons (Fsp3) is 0.0164. The Bertz CT molecular complexity index is 3730. The SMILES string of the molecule is Fc1ccc(-n2c3ccccc3c3cc(-c4ccc(N(c5ccc6c(c5)C(c5ccccc5)(c5ccccc5)c5ccccc5-6)c5cccc6oc7ccccc7c56)cc4)ccc32)cc1. The Kier molecular flexibility index (Phi) is 8.31. The van der Waals surface area contributed by atoms with E-state index >= 15 is 0 Å². The van der Waals surface area contributed by atoms with Crippen LogP contribution in [0.3, 0.4) is 0 Å². The monoisotopic (exact) mass is 834 g/mol. The number of aromatic nitrogens is 1. The highest BCUT2D eigenvalue weighted by molar-refractivity contribution is 6.14. The van der Waals surface area contributed by atoms with E-state index in [9.17, 15) is 4.39 Å². The Balaban J connectivity index is 1.01. The number of hydrogen-bond donors (Lipinski definition) is 0. The van der Waals surface area contributed by atoms with Crippen molar-refractivity contribution >= 4 is 60.8 Å². The molecule has 0 amide bonds. The van der Waals surface area contributed by atoms with E-state index in [2.05, 4.69) is 210 Å². The molecule has 4 heteroatoms. The number of halogens is 1. The van der Waals surface area contributed by atoms with Crippen LogP contribution >= 0.6 is 0 Å². The van der Waals surface area contributed by atoms with Crippen LogP contribution in [0.5, 0.6) is 0 Å². The third kappa shape index (κ3) is 5.60. The molecule has 0 aliphatic heterocycles. The van der Waals surface area contributed by atoms with Gasteiger partial charge in [-0.2, -0.15) is 0 Å². The van der Waals surface area contributed by atoms with Crippen LogP contribution in [0.25, 0.3) is 71.7 Å². The first-order valence-electron chi connectivity index (χ1n) is 22.1. The van der Waals surface area contributed by atoms with Crippen LogP contribution < -0.4 is 4.90 Å². The molecule has 13 rings (SSSR count). The average Bonchev–Trinajstić information content (AvgIpc) is 4.02. The first-order valence-corrected chi connectivity index (χ1v) is 22.1. The lowest BCUT2D eigenvalue weighted by Crippen LogP contribution is -2.28. The molecule has 0 saturated carbocycles. The second-order valence-electron chi connectivity index (χ2n) is 16.9. The molecule has 0 saturated heterocycles. The Morgan fingerprint density at radius 3 is 1.82 bits per heavy atom. The predicted octanol–water partition coefficient (Wildman–Crippen LogP) is 16.3. The van der Waals surface area contributed by atoms with Gasteiger partial charge in [-0.1, -0.05) is 152 Å². The zero-order valence-electron chi connectivity index (χ0n) is 35.2. The summed E-state index contributed by atoms with van der Waals surface area (Å²) in [5.74, 6) is -0.247. The van der Waals surface area contributed by atoms with Crippen LogP contribution in [0.1, 0.15) is 22.3 Å². The summed E-state index contributed by atoms with van der Waals surface area (Å²) < 4.78 is 22.8. The minimum Gasteiger partial charge on any atom is -0.456 e. The van der Waals surface area contributed by atoms with Gasteiger partial charge >= 0.3 is 0 Å². The zero-order valence-corrected chi connectivity index (χ0v) is 35.2. The first kappa shape index (κ1) is 37.1. The molecule has 0 fully saturated rings. The Morgan fingerprint density at radius 1 is 0.415 bits per heavy atom. The van der Waals surface area contributed by atoms with Crippen molar-refractivity contribution in [1.29, 1.82) is 0 Å².